The van der Waals surface area contributed by atoms with E-state index in [1.165, 1.54) is 32.1 Å². The summed E-state index contributed by atoms with van der Waals surface area (Å²) in [6.45, 7) is 2.75. The molecule has 1 fully saturated rings. The van der Waals surface area contributed by atoms with Crippen molar-refractivity contribution in [2.24, 2.45) is 5.73 Å². The van der Waals surface area contributed by atoms with Crippen LogP contribution >= 0.6 is 0 Å². The average molecular weight is 200 g/mol. The molecule has 1 aliphatic rings. The van der Waals surface area contributed by atoms with E-state index in [2.05, 4.69) is 5.32 Å². The third-order valence-corrected chi connectivity index (χ3v) is 3.13. The monoisotopic (exact) mass is 200 g/mol. The van der Waals surface area contributed by atoms with Crippen molar-refractivity contribution in [3.8, 4) is 0 Å². The van der Waals surface area contributed by atoms with Gasteiger partial charge in [0.05, 0.1) is 6.61 Å². The first kappa shape index (κ1) is 12.0. The molecule has 0 aliphatic heterocycles. The highest BCUT2D eigenvalue weighted by Gasteiger charge is 2.26. The van der Waals surface area contributed by atoms with Crippen LogP contribution in [-0.4, -0.2) is 32.3 Å². The Morgan fingerprint density at radius 1 is 1.21 bits per heavy atom. The first-order valence-corrected chi connectivity index (χ1v) is 5.75. The van der Waals surface area contributed by atoms with Gasteiger partial charge in [-0.25, -0.2) is 0 Å². The van der Waals surface area contributed by atoms with Crippen LogP contribution in [0.4, 0.5) is 0 Å². The molecule has 0 aromatic heterocycles. The van der Waals surface area contributed by atoms with Crippen molar-refractivity contribution in [1.82, 2.24) is 5.32 Å². The molecule has 0 bridgehead atoms. The fourth-order valence-corrected chi connectivity index (χ4v) is 2.14. The SMILES string of the molecule is COCCNCCC1(N)CCCCC1. The van der Waals surface area contributed by atoms with Gasteiger partial charge in [0.2, 0.25) is 0 Å². The fourth-order valence-electron chi connectivity index (χ4n) is 2.14. The van der Waals surface area contributed by atoms with Crippen molar-refractivity contribution in [3.63, 3.8) is 0 Å². The van der Waals surface area contributed by atoms with E-state index in [0.717, 1.165) is 26.1 Å². The average Bonchev–Trinajstić information content (AvgIpc) is 2.18. The van der Waals surface area contributed by atoms with E-state index >= 15 is 0 Å². The van der Waals surface area contributed by atoms with Gasteiger partial charge in [-0.2, -0.15) is 0 Å². The van der Waals surface area contributed by atoms with Crippen molar-refractivity contribution >= 4 is 0 Å². The predicted octanol–water partition coefficient (Wildman–Crippen LogP) is 1.27. The second-order valence-electron chi connectivity index (χ2n) is 4.42. The number of hydrogen-bond donors (Lipinski definition) is 2. The molecule has 0 heterocycles. The Morgan fingerprint density at radius 2 is 1.93 bits per heavy atom. The van der Waals surface area contributed by atoms with Gasteiger partial charge in [-0.3, -0.25) is 0 Å². The van der Waals surface area contributed by atoms with Crippen molar-refractivity contribution < 1.29 is 4.74 Å². The molecule has 0 unspecified atom stereocenters. The van der Waals surface area contributed by atoms with Crippen LogP contribution in [0.15, 0.2) is 0 Å². The first-order valence-electron chi connectivity index (χ1n) is 5.75. The summed E-state index contributed by atoms with van der Waals surface area (Å²) in [5.74, 6) is 0. The largest absolute Gasteiger partial charge is 0.383 e. The molecule has 3 heteroatoms. The number of rotatable bonds is 6. The van der Waals surface area contributed by atoms with Gasteiger partial charge in [0.25, 0.3) is 0 Å². The molecule has 0 radical (unpaired) electrons. The van der Waals surface area contributed by atoms with Gasteiger partial charge in [-0.15, -0.1) is 0 Å². The molecule has 0 aromatic rings. The minimum atomic E-state index is 0.123. The van der Waals surface area contributed by atoms with Crippen LogP contribution in [0.2, 0.25) is 0 Å². The van der Waals surface area contributed by atoms with Crippen LogP contribution in [-0.2, 0) is 4.74 Å². The highest BCUT2D eigenvalue weighted by molar-refractivity contribution is 4.87. The summed E-state index contributed by atoms with van der Waals surface area (Å²) >= 11 is 0. The van der Waals surface area contributed by atoms with Gasteiger partial charge in [-0.05, 0) is 25.8 Å². The quantitative estimate of drug-likeness (QED) is 0.635. The normalized spacial score (nSPS) is 21.0. The first-order chi connectivity index (χ1) is 6.77. The Labute approximate surface area is 87.4 Å². The fraction of sp³-hybridized carbons (Fsp3) is 1.00. The highest BCUT2D eigenvalue weighted by Crippen LogP contribution is 2.27. The Morgan fingerprint density at radius 3 is 2.57 bits per heavy atom. The molecule has 3 nitrogen and oxygen atoms in total. The Balaban J connectivity index is 2.03. The zero-order chi connectivity index (χ0) is 10.3. The molecule has 0 saturated heterocycles. The van der Waals surface area contributed by atoms with Gasteiger partial charge in [-0.1, -0.05) is 19.3 Å². The molecule has 84 valence electrons. The van der Waals surface area contributed by atoms with Crippen LogP contribution in [0.5, 0.6) is 0 Å². The van der Waals surface area contributed by atoms with Gasteiger partial charge >= 0.3 is 0 Å². The molecule has 0 amide bonds. The second-order valence-corrected chi connectivity index (χ2v) is 4.42. The Kier molecular flexibility index (Phi) is 5.45. The van der Waals surface area contributed by atoms with Crippen LogP contribution in [0.3, 0.4) is 0 Å². The lowest BCUT2D eigenvalue weighted by Gasteiger charge is -2.33. The summed E-state index contributed by atoms with van der Waals surface area (Å²) < 4.78 is 4.97. The van der Waals surface area contributed by atoms with Crippen LogP contribution in [0.1, 0.15) is 38.5 Å². The number of hydrogen-bond acceptors (Lipinski definition) is 3. The summed E-state index contributed by atoms with van der Waals surface area (Å²) in [5, 5.41) is 3.35. The number of methoxy groups -OCH3 is 1. The van der Waals surface area contributed by atoms with Crippen molar-refractivity contribution in [2.45, 2.75) is 44.1 Å². The molecular weight excluding hydrogens is 176 g/mol. The van der Waals surface area contributed by atoms with Crippen LogP contribution in [0, 0.1) is 0 Å². The molecule has 3 N–H and O–H groups in total. The van der Waals surface area contributed by atoms with Gasteiger partial charge in [0.1, 0.15) is 0 Å². The highest BCUT2D eigenvalue weighted by atomic mass is 16.5. The molecule has 0 atom stereocenters. The number of nitrogens with one attached hydrogen (secondary N) is 1. The lowest BCUT2D eigenvalue weighted by Crippen LogP contribution is -2.44. The van der Waals surface area contributed by atoms with E-state index in [1.807, 2.05) is 0 Å². The summed E-state index contributed by atoms with van der Waals surface area (Å²) in [5.41, 5.74) is 6.43. The molecular formula is C11H24N2O. The van der Waals surface area contributed by atoms with E-state index in [9.17, 15) is 0 Å². The predicted molar refractivity (Wildman–Crippen MR) is 59.4 cm³/mol. The third-order valence-electron chi connectivity index (χ3n) is 3.13. The van der Waals surface area contributed by atoms with Crippen LogP contribution < -0.4 is 11.1 Å². The van der Waals surface area contributed by atoms with Gasteiger partial charge in [0, 0.05) is 19.2 Å². The second kappa shape index (κ2) is 6.38. The zero-order valence-corrected chi connectivity index (χ0v) is 9.35. The van der Waals surface area contributed by atoms with Gasteiger partial charge in [0.15, 0.2) is 0 Å². The molecule has 1 saturated carbocycles. The number of ether oxygens (including phenoxy) is 1. The molecule has 0 spiro atoms. The van der Waals surface area contributed by atoms with E-state index < -0.39 is 0 Å². The molecule has 0 aromatic carbocycles. The van der Waals surface area contributed by atoms with E-state index in [4.69, 9.17) is 10.5 Å². The third kappa shape index (κ3) is 4.40. The Bertz CT molecular complexity index is 144. The topological polar surface area (TPSA) is 47.3 Å². The lowest BCUT2D eigenvalue weighted by atomic mass is 9.80. The van der Waals surface area contributed by atoms with E-state index in [-0.39, 0.29) is 5.54 Å². The summed E-state index contributed by atoms with van der Waals surface area (Å²) in [6, 6.07) is 0. The van der Waals surface area contributed by atoms with E-state index in [0.29, 0.717) is 0 Å². The number of nitrogens with two attached hydrogens (primary N) is 1. The minimum Gasteiger partial charge on any atom is -0.383 e. The van der Waals surface area contributed by atoms with Crippen LogP contribution in [0.25, 0.3) is 0 Å². The van der Waals surface area contributed by atoms with E-state index in [1.54, 1.807) is 7.11 Å². The maximum absolute atomic E-state index is 6.30. The van der Waals surface area contributed by atoms with Crippen molar-refractivity contribution in [1.29, 1.82) is 0 Å². The van der Waals surface area contributed by atoms with Gasteiger partial charge < -0.3 is 15.8 Å². The minimum absolute atomic E-state index is 0.123. The molecule has 1 aliphatic carbocycles. The maximum Gasteiger partial charge on any atom is 0.0587 e. The summed E-state index contributed by atoms with van der Waals surface area (Å²) in [6.07, 6.45) is 7.52. The summed E-state index contributed by atoms with van der Waals surface area (Å²) in [7, 11) is 1.73. The standard InChI is InChI=1S/C11H24N2O/c1-14-10-9-13-8-7-11(12)5-3-2-4-6-11/h13H,2-10,12H2,1H3. The molecule has 1 rings (SSSR count). The van der Waals surface area contributed by atoms with Crippen molar-refractivity contribution in [3.05, 3.63) is 0 Å². The lowest BCUT2D eigenvalue weighted by molar-refractivity contribution is 0.197. The molecule has 14 heavy (non-hydrogen) atoms. The summed E-state index contributed by atoms with van der Waals surface area (Å²) in [4.78, 5) is 0. The Hall–Kier alpha value is -0.120. The smallest absolute Gasteiger partial charge is 0.0587 e. The van der Waals surface area contributed by atoms with Crippen molar-refractivity contribution in [2.75, 3.05) is 26.8 Å². The maximum atomic E-state index is 6.30. The zero-order valence-electron chi connectivity index (χ0n) is 9.35.